The predicted molar refractivity (Wildman–Crippen MR) is 137 cm³/mol. The third-order valence-electron chi connectivity index (χ3n) is 7.30. The molecule has 4 aromatic rings. The normalized spacial score (nSPS) is 16.6. The van der Waals surface area contributed by atoms with Gasteiger partial charge in [-0.1, -0.05) is 30.3 Å². The molecular weight excluding hydrogens is 527 g/mol. The number of aromatic amines is 1. The number of nitrogens with zero attached hydrogens (tertiary/aromatic N) is 6. The van der Waals surface area contributed by atoms with Crippen LogP contribution in [0.1, 0.15) is 44.7 Å². The van der Waals surface area contributed by atoms with Crippen LogP contribution in [-0.2, 0) is 25.8 Å². The third-order valence-corrected chi connectivity index (χ3v) is 7.30. The Morgan fingerprint density at radius 1 is 1.10 bits per heavy atom. The van der Waals surface area contributed by atoms with Gasteiger partial charge in [0.1, 0.15) is 12.4 Å². The van der Waals surface area contributed by atoms with Gasteiger partial charge in [0.05, 0.1) is 24.5 Å². The van der Waals surface area contributed by atoms with Crippen LogP contribution in [0.15, 0.2) is 59.5 Å². The molecule has 0 saturated heterocycles. The first-order valence-electron chi connectivity index (χ1n) is 12.6. The zero-order valence-corrected chi connectivity index (χ0v) is 21.4. The quantitative estimate of drug-likeness (QED) is 0.405. The zero-order chi connectivity index (χ0) is 28.0. The van der Waals surface area contributed by atoms with Crippen molar-refractivity contribution in [2.24, 2.45) is 0 Å². The highest BCUT2D eigenvalue weighted by Gasteiger charge is 2.40. The number of halogens is 3. The van der Waals surface area contributed by atoms with Crippen LogP contribution in [0, 0.1) is 6.92 Å². The second kappa shape index (κ2) is 9.81. The van der Waals surface area contributed by atoms with E-state index in [1.807, 2.05) is 24.3 Å². The average molecular weight is 552 g/mol. The number of rotatable bonds is 5. The van der Waals surface area contributed by atoms with Crippen molar-refractivity contribution < 1.29 is 22.7 Å². The highest BCUT2D eigenvalue weighted by Crippen LogP contribution is 2.38. The first kappa shape index (κ1) is 25.6. The summed E-state index contributed by atoms with van der Waals surface area (Å²) in [4.78, 5) is 29.0. The topological polar surface area (TPSA) is 109 Å². The number of fused-ring (bicyclic) bond motifs is 2. The van der Waals surface area contributed by atoms with Gasteiger partial charge >= 0.3 is 6.18 Å². The first-order chi connectivity index (χ1) is 19.2. The Hall–Kier alpha value is -4.68. The van der Waals surface area contributed by atoms with Crippen LogP contribution < -0.4 is 15.2 Å². The van der Waals surface area contributed by atoms with E-state index in [9.17, 15) is 22.8 Å². The van der Waals surface area contributed by atoms with Gasteiger partial charge in [-0.2, -0.15) is 18.3 Å². The van der Waals surface area contributed by atoms with E-state index in [-0.39, 0.29) is 49.6 Å². The zero-order valence-electron chi connectivity index (χ0n) is 21.4. The molecule has 2 aliphatic heterocycles. The Kier molecular flexibility index (Phi) is 6.28. The van der Waals surface area contributed by atoms with Crippen LogP contribution in [-0.4, -0.2) is 48.9 Å². The standard InChI is InChI=1S/C27H24F3N7O3/c1-16-21(12-31-33-24(16)38)37-13-18-5-2-3-8-20(18)22(37)15-40-19-7-4-6-17(11-19)25(39)35-9-10-36-23(14-35)32-34-26(36)27(28,29)30/h2-8,11-12,22H,9-10,13-15H2,1H3,(H,33,38)/t22-/m0/s1. The molecule has 2 aromatic carbocycles. The van der Waals surface area contributed by atoms with Crippen LogP contribution in [0.5, 0.6) is 5.75 Å². The summed E-state index contributed by atoms with van der Waals surface area (Å²) in [6.45, 7) is 2.55. The number of carbonyl (C=O) groups is 1. The molecule has 40 heavy (non-hydrogen) atoms. The van der Waals surface area contributed by atoms with E-state index in [0.29, 0.717) is 29.1 Å². The maximum absolute atomic E-state index is 13.2. The number of ether oxygens (including phenoxy) is 1. The molecule has 0 spiro atoms. The molecular formula is C27H24F3N7O3. The molecule has 0 radical (unpaired) electrons. The van der Waals surface area contributed by atoms with Crippen LogP contribution in [0.4, 0.5) is 18.9 Å². The van der Waals surface area contributed by atoms with Gasteiger partial charge in [-0.25, -0.2) is 5.10 Å². The summed E-state index contributed by atoms with van der Waals surface area (Å²) in [5.74, 6) is -0.843. The number of anilines is 1. The highest BCUT2D eigenvalue weighted by molar-refractivity contribution is 5.94. The Morgan fingerprint density at radius 2 is 1.93 bits per heavy atom. The van der Waals surface area contributed by atoms with Gasteiger partial charge in [-0.3, -0.25) is 9.59 Å². The van der Waals surface area contributed by atoms with Crippen molar-refractivity contribution in [1.29, 1.82) is 0 Å². The average Bonchev–Trinajstić information content (AvgIpc) is 3.54. The minimum atomic E-state index is -4.61. The van der Waals surface area contributed by atoms with E-state index < -0.39 is 12.0 Å². The Labute approximate surface area is 226 Å². The van der Waals surface area contributed by atoms with Crippen LogP contribution in [0.3, 0.4) is 0 Å². The molecule has 1 amide bonds. The van der Waals surface area contributed by atoms with Crippen molar-refractivity contribution in [3.8, 4) is 5.75 Å². The number of hydrogen-bond acceptors (Lipinski definition) is 7. The Morgan fingerprint density at radius 3 is 2.75 bits per heavy atom. The molecule has 1 atom stereocenters. The van der Waals surface area contributed by atoms with Crippen LogP contribution in [0.25, 0.3) is 0 Å². The second-order valence-electron chi connectivity index (χ2n) is 9.71. The lowest BCUT2D eigenvalue weighted by molar-refractivity contribution is -0.147. The molecule has 13 heteroatoms. The second-order valence-corrected chi connectivity index (χ2v) is 9.71. The summed E-state index contributed by atoms with van der Waals surface area (Å²) >= 11 is 0. The molecule has 4 heterocycles. The third kappa shape index (κ3) is 4.56. The summed E-state index contributed by atoms with van der Waals surface area (Å²) in [6.07, 6.45) is -2.98. The fourth-order valence-corrected chi connectivity index (χ4v) is 5.25. The summed E-state index contributed by atoms with van der Waals surface area (Å²) in [6, 6.07) is 14.5. The lowest BCUT2D eigenvalue weighted by atomic mass is 10.1. The molecule has 206 valence electrons. The van der Waals surface area contributed by atoms with Crippen molar-refractivity contribution >= 4 is 11.6 Å². The molecule has 10 nitrogen and oxygen atoms in total. The smallest absolute Gasteiger partial charge is 0.451 e. The van der Waals surface area contributed by atoms with E-state index in [0.717, 1.165) is 15.7 Å². The fraction of sp³-hybridized carbons (Fsp3) is 0.296. The predicted octanol–water partition coefficient (Wildman–Crippen LogP) is 3.48. The fourth-order valence-electron chi connectivity index (χ4n) is 5.25. The number of amides is 1. The van der Waals surface area contributed by atoms with Gasteiger partial charge in [0.2, 0.25) is 5.82 Å². The summed E-state index contributed by atoms with van der Waals surface area (Å²) < 4.78 is 46.7. The van der Waals surface area contributed by atoms with Crippen LogP contribution >= 0.6 is 0 Å². The van der Waals surface area contributed by atoms with E-state index in [2.05, 4.69) is 25.3 Å². The Balaban J connectivity index is 1.19. The van der Waals surface area contributed by atoms with Gasteiger partial charge in [0.25, 0.3) is 11.5 Å². The number of benzene rings is 2. The van der Waals surface area contributed by atoms with Crippen molar-refractivity contribution in [1.82, 2.24) is 29.9 Å². The van der Waals surface area contributed by atoms with Crippen molar-refractivity contribution in [2.45, 2.75) is 38.8 Å². The number of H-pyrrole nitrogens is 1. The molecule has 6 rings (SSSR count). The SMILES string of the molecule is Cc1c(N2Cc3ccccc3[C@@H]2COc2cccc(C(=O)N3CCn4c(nnc4C(F)(F)F)C3)c2)cn[nH]c1=O. The maximum atomic E-state index is 13.2. The number of aromatic nitrogens is 5. The molecule has 0 saturated carbocycles. The van der Waals surface area contributed by atoms with E-state index in [1.54, 1.807) is 37.4 Å². The largest absolute Gasteiger partial charge is 0.491 e. The molecule has 0 bridgehead atoms. The monoisotopic (exact) mass is 551 g/mol. The van der Waals surface area contributed by atoms with Gasteiger partial charge in [0, 0.05) is 30.8 Å². The summed E-state index contributed by atoms with van der Waals surface area (Å²) in [7, 11) is 0. The molecule has 2 aromatic heterocycles. The van der Waals surface area contributed by atoms with Crippen molar-refractivity contribution in [3.63, 3.8) is 0 Å². The number of alkyl halides is 3. The van der Waals surface area contributed by atoms with Gasteiger partial charge < -0.3 is 19.1 Å². The molecule has 0 aliphatic carbocycles. The summed E-state index contributed by atoms with van der Waals surface area (Å²) in [5, 5.41) is 13.4. The number of hydrogen-bond donors (Lipinski definition) is 1. The van der Waals surface area contributed by atoms with Gasteiger partial charge in [0.15, 0.2) is 5.82 Å². The van der Waals surface area contributed by atoms with E-state index in [4.69, 9.17) is 4.74 Å². The van der Waals surface area contributed by atoms with Gasteiger partial charge in [-0.15, -0.1) is 10.2 Å². The van der Waals surface area contributed by atoms with Crippen molar-refractivity contribution in [2.75, 3.05) is 18.1 Å². The lowest BCUT2D eigenvalue weighted by Crippen LogP contribution is -2.39. The first-order valence-corrected chi connectivity index (χ1v) is 12.6. The van der Waals surface area contributed by atoms with Crippen LogP contribution in [0.2, 0.25) is 0 Å². The van der Waals surface area contributed by atoms with Gasteiger partial charge in [-0.05, 0) is 36.2 Å². The number of nitrogens with one attached hydrogen (secondary N) is 1. The molecule has 2 aliphatic rings. The van der Waals surface area contributed by atoms with E-state index in [1.165, 1.54) is 4.90 Å². The Bertz CT molecular complexity index is 1650. The minimum Gasteiger partial charge on any atom is -0.491 e. The molecule has 0 unspecified atom stereocenters. The van der Waals surface area contributed by atoms with E-state index >= 15 is 0 Å². The maximum Gasteiger partial charge on any atom is 0.451 e. The number of carbonyl (C=O) groups excluding carboxylic acids is 1. The lowest BCUT2D eigenvalue weighted by Gasteiger charge is -2.29. The summed E-state index contributed by atoms with van der Waals surface area (Å²) in [5.41, 5.74) is 3.55. The van der Waals surface area contributed by atoms with Crippen molar-refractivity contribution in [3.05, 3.63) is 99.0 Å². The molecule has 0 fully saturated rings. The minimum absolute atomic E-state index is 0.0490. The molecule has 1 N–H and O–H groups in total. The highest BCUT2D eigenvalue weighted by atomic mass is 19.4.